The molecule has 1 aromatic carbocycles. The smallest absolute Gasteiger partial charge is 0.261 e. The molecule has 0 radical (unpaired) electrons. The van der Waals surface area contributed by atoms with Crippen molar-refractivity contribution in [2.75, 3.05) is 11.2 Å². The van der Waals surface area contributed by atoms with Crippen LogP contribution in [-0.2, 0) is 19.9 Å². The zero-order valence-electron chi connectivity index (χ0n) is 11.0. The average molecular weight is 294 g/mol. The molecule has 2 aliphatic rings. The quantitative estimate of drug-likeness (QED) is 0.872. The average Bonchev–Trinajstić information content (AvgIpc) is 2.69. The summed E-state index contributed by atoms with van der Waals surface area (Å²) in [4.78, 5) is 24.4. The monoisotopic (exact) mass is 293 g/mol. The number of benzene rings is 1. The van der Waals surface area contributed by atoms with Crippen LogP contribution in [0.5, 0.6) is 0 Å². The Balaban J connectivity index is 1.94. The fraction of sp³-hybridized carbons (Fsp3) is 0.467. The van der Waals surface area contributed by atoms with E-state index in [4.69, 9.17) is 16.3 Å². The van der Waals surface area contributed by atoms with Crippen molar-refractivity contribution in [3.05, 3.63) is 29.8 Å². The number of hydrogen-bond donors (Lipinski definition) is 1. The first-order valence-corrected chi connectivity index (χ1v) is 7.35. The maximum Gasteiger partial charge on any atom is 0.261 e. The standard InChI is InChI=1S/C15H16ClNO3/c16-7-3-4-11-8-10(18)9-15(20-11)12-5-1-2-6-13(12)17-14(15)19/h1-2,5-6,11H,3-4,7-9H2,(H,17,19)/t11-,15?/m1/s1. The van der Waals surface area contributed by atoms with E-state index in [0.717, 1.165) is 17.7 Å². The normalized spacial score (nSPS) is 28.6. The summed E-state index contributed by atoms with van der Waals surface area (Å²) >= 11 is 5.70. The van der Waals surface area contributed by atoms with E-state index in [1.807, 2.05) is 24.3 Å². The van der Waals surface area contributed by atoms with Crippen LogP contribution in [0.4, 0.5) is 5.69 Å². The van der Waals surface area contributed by atoms with Crippen molar-refractivity contribution in [2.45, 2.75) is 37.4 Å². The van der Waals surface area contributed by atoms with E-state index < -0.39 is 5.60 Å². The highest BCUT2D eigenvalue weighted by atomic mass is 35.5. The van der Waals surface area contributed by atoms with Gasteiger partial charge in [-0.2, -0.15) is 0 Å². The van der Waals surface area contributed by atoms with Gasteiger partial charge in [-0.1, -0.05) is 18.2 Å². The fourth-order valence-corrected chi connectivity index (χ4v) is 3.17. The maximum absolute atomic E-state index is 12.4. The largest absolute Gasteiger partial charge is 0.356 e. The van der Waals surface area contributed by atoms with Gasteiger partial charge in [-0.15, -0.1) is 11.6 Å². The summed E-state index contributed by atoms with van der Waals surface area (Å²) < 4.78 is 6.05. The van der Waals surface area contributed by atoms with E-state index in [2.05, 4.69) is 5.32 Å². The number of halogens is 1. The Bertz CT molecular complexity index is 560. The Morgan fingerprint density at radius 2 is 2.15 bits per heavy atom. The SMILES string of the molecule is O=C1C[C@@H](CCCCl)OC2(C1)C(=O)Nc1ccccc12. The number of carbonyl (C=O) groups is 2. The summed E-state index contributed by atoms with van der Waals surface area (Å²) in [7, 11) is 0. The summed E-state index contributed by atoms with van der Waals surface area (Å²) in [6.07, 6.45) is 1.74. The second-order valence-corrected chi connectivity index (χ2v) is 5.70. The van der Waals surface area contributed by atoms with Gasteiger partial charge in [-0.05, 0) is 18.9 Å². The summed E-state index contributed by atoms with van der Waals surface area (Å²) in [6.45, 7) is 0. The molecule has 1 unspecified atom stereocenters. The van der Waals surface area contributed by atoms with Crippen LogP contribution in [0.2, 0.25) is 0 Å². The van der Waals surface area contributed by atoms with Crippen molar-refractivity contribution in [1.82, 2.24) is 0 Å². The summed E-state index contributed by atoms with van der Waals surface area (Å²) in [5.41, 5.74) is 0.375. The molecule has 0 aliphatic carbocycles. The van der Waals surface area contributed by atoms with Gasteiger partial charge in [0.2, 0.25) is 0 Å². The maximum atomic E-state index is 12.4. The number of anilines is 1. The highest BCUT2D eigenvalue weighted by molar-refractivity contribution is 6.17. The number of fused-ring (bicyclic) bond motifs is 2. The van der Waals surface area contributed by atoms with Gasteiger partial charge in [-0.3, -0.25) is 9.59 Å². The molecule has 0 aromatic heterocycles. The van der Waals surface area contributed by atoms with Crippen LogP contribution in [0.1, 0.15) is 31.2 Å². The first-order valence-electron chi connectivity index (χ1n) is 6.82. The number of nitrogens with one attached hydrogen (secondary N) is 1. The van der Waals surface area contributed by atoms with Crippen LogP contribution in [0.15, 0.2) is 24.3 Å². The predicted octanol–water partition coefficient (Wildman–Crippen LogP) is 2.60. The third-order valence-corrected chi connectivity index (χ3v) is 4.17. The van der Waals surface area contributed by atoms with Crippen molar-refractivity contribution in [2.24, 2.45) is 0 Å². The molecular weight excluding hydrogens is 278 g/mol. The summed E-state index contributed by atoms with van der Waals surface area (Å²) in [6, 6.07) is 7.40. The second kappa shape index (κ2) is 5.19. The Hall–Kier alpha value is -1.39. The number of amides is 1. The van der Waals surface area contributed by atoms with Crippen LogP contribution in [0.25, 0.3) is 0 Å². The van der Waals surface area contributed by atoms with Crippen molar-refractivity contribution < 1.29 is 14.3 Å². The topological polar surface area (TPSA) is 55.4 Å². The minimum Gasteiger partial charge on any atom is -0.356 e. The van der Waals surface area contributed by atoms with E-state index in [1.54, 1.807) is 0 Å². The van der Waals surface area contributed by atoms with Crippen molar-refractivity contribution in [1.29, 1.82) is 0 Å². The third kappa shape index (κ3) is 2.13. The minimum atomic E-state index is -1.14. The van der Waals surface area contributed by atoms with Gasteiger partial charge in [0.05, 0.1) is 6.10 Å². The number of para-hydroxylation sites is 1. The number of rotatable bonds is 3. The molecule has 2 atom stereocenters. The number of ether oxygens (including phenoxy) is 1. The summed E-state index contributed by atoms with van der Waals surface area (Å²) in [5, 5.41) is 2.81. The van der Waals surface area contributed by atoms with Gasteiger partial charge >= 0.3 is 0 Å². The lowest BCUT2D eigenvalue weighted by Crippen LogP contribution is -2.47. The highest BCUT2D eigenvalue weighted by Crippen LogP contribution is 2.45. The van der Waals surface area contributed by atoms with Crippen LogP contribution in [0.3, 0.4) is 0 Å². The number of alkyl halides is 1. The zero-order valence-corrected chi connectivity index (χ0v) is 11.8. The first kappa shape index (κ1) is 13.6. The van der Waals surface area contributed by atoms with Crippen LogP contribution in [-0.4, -0.2) is 23.7 Å². The number of carbonyl (C=O) groups excluding carboxylic acids is 2. The molecule has 3 rings (SSSR count). The van der Waals surface area contributed by atoms with Crippen molar-refractivity contribution >= 4 is 29.0 Å². The number of Topliss-reactive ketones (excluding diaryl/α,β-unsaturated/α-hetero) is 1. The van der Waals surface area contributed by atoms with Crippen LogP contribution >= 0.6 is 11.6 Å². The van der Waals surface area contributed by atoms with E-state index in [1.165, 1.54) is 0 Å². The first-order chi connectivity index (χ1) is 9.65. The third-order valence-electron chi connectivity index (χ3n) is 3.91. The molecule has 2 aliphatic heterocycles. The minimum absolute atomic E-state index is 0.0719. The van der Waals surface area contributed by atoms with Gasteiger partial charge in [-0.25, -0.2) is 0 Å². The van der Waals surface area contributed by atoms with E-state index in [9.17, 15) is 9.59 Å². The fourth-order valence-electron chi connectivity index (χ4n) is 3.02. The highest BCUT2D eigenvalue weighted by Gasteiger charge is 2.53. The molecule has 1 fully saturated rings. The van der Waals surface area contributed by atoms with Gasteiger partial charge in [0.1, 0.15) is 5.78 Å². The molecule has 106 valence electrons. The molecule has 2 heterocycles. The lowest BCUT2D eigenvalue weighted by Gasteiger charge is -2.36. The van der Waals surface area contributed by atoms with Crippen molar-refractivity contribution in [3.8, 4) is 0 Å². The van der Waals surface area contributed by atoms with Gasteiger partial charge < -0.3 is 10.1 Å². The molecule has 1 aromatic rings. The van der Waals surface area contributed by atoms with E-state index >= 15 is 0 Å². The van der Waals surface area contributed by atoms with Gasteiger partial charge in [0.15, 0.2) is 5.60 Å². The lowest BCUT2D eigenvalue weighted by atomic mass is 9.84. The lowest BCUT2D eigenvalue weighted by molar-refractivity contribution is -0.170. The molecule has 0 saturated carbocycles. The molecule has 0 bridgehead atoms. The molecule has 1 amide bonds. The van der Waals surface area contributed by atoms with Gasteiger partial charge in [0, 0.05) is 30.0 Å². The Labute approximate surface area is 122 Å². The molecule has 20 heavy (non-hydrogen) atoms. The van der Waals surface area contributed by atoms with Crippen LogP contribution < -0.4 is 5.32 Å². The van der Waals surface area contributed by atoms with Crippen molar-refractivity contribution in [3.63, 3.8) is 0 Å². The molecular formula is C15H16ClNO3. The zero-order chi connectivity index (χ0) is 14.2. The Morgan fingerprint density at radius 1 is 1.35 bits per heavy atom. The Morgan fingerprint density at radius 3 is 2.95 bits per heavy atom. The molecule has 5 heteroatoms. The predicted molar refractivity (Wildman–Crippen MR) is 75.8 cm³/mol. The molecule has 1 saturated heterocycles. The molecule has 1 spiro atoms. The van der Waals surface area contributed by atoms with E-state index in [-0.39, 0.29) is 24.2 Å². The Kier molecular flexibility index (Phi) is 3.52. The van der Waals surface area contributed by atoms with Crippen LogP contribution in [0, 0.1) is 0 Å². The molecule has 4 nitrogen and oxygen atoms in total. The summed E-state index contributed by atoms with van der Waals surface area (Å²) in [5.74, 6) is 0.370. The second-order valence-electron chi connectivity index (χ2n) is 5.32. The number of ketones is 1. The van der Waals surface area contributed by atoms with Gasteiger partial charge in [0.25, 0.3) is 5.91 Å². The number of hydrogen-bond acceptors (Lipinski definition) is 3. The molecule has 1 N–H and O–H groups in total. The van der Waals surface area contributed by atoms with E-state index in [0.29, 0.717) is 18.7 Å².